The molecule has 0 bridgehead atoms. The van der Waals surface area contributed by atoms with Gasteiger partial charge in [-0.05, 0) is 64.4 Å². The van der Waals surface area contributed by atoms with Crippen molar-refractivity contribution in [3.63, 3.8) is 0 Å². The van der Waals surface area contributed by atoms with E-state index in [2.05, 4.69) is 43.1 Å². The molecule has 0 fully saturated rings. The van der Waals surface area contributed by atoms with Crippen molar-refractivity contribution in [2.24, 2.45) is 0 Å². The number of carboxylic acids is 1. The number of para-hydroxylation sites is 1. The Hall–Kier alpha value is -4.05. The van der Waals surface area contributed by atoms with Crippen LogP contribution in [0.25, 0.3) is 16.5 Å². The summed E-state index contributed by atoms with van der Waals surface area (Å²) in [4.78, 5) is 28.9. The predicted molar refractivity (Wildman–Crippen MR) is 134 cm³/mol. The van der Waals surface area contributed by atoms with Crippen LogP contribution in [0.3, 0.4) is 0 Å². The number of carboxylic acid groups (broad SMARTS) is 1. The maximum absolute atomic E-state index is 13.1. The van der Waals surface area contributed by atoms with Crippen LogP contribution in [0.1, 0.15) is 63.2 Å². The second kappa shape index (κ2) is 8.38. The molecule has 1 aliphatic carbocycles. The minimum Gasteiger partial charge on any atom is -0.478 e. The molecule has 0 atom stereocenters. The van der Waals surface area contributed by atoms with Crippen molar-refractivity contribution < 1.29 is 14.7 Å². The van der Waals surface area contributed by atoms with Gasteiger partial charge in [0.25, 0.3) is 0 Å². The first-order valence-corrected chi connectivity index (χ1v) is 11.4. The fourth-order valence-electron chi connectivity index (χ4n) is 4.65. The molecule has 0 amide bonds. The zero-order chi connectivity index (χ0) is 23.9. The van der Waals surface area contributed by atoms with Gasteiger partial charge in [0, 0.05) is 29.1 Å². The highest BCUT2D eigenvalue weighted by Gasteiger charge is 2.29. The Kier molecular flexibility index (Phi) is 5.37. The number of carbonyl (C=O) groups is 2. The molecule has 5 rings (SSSR count). The SMILES string of the molecule is CC1(C)CC=C(c2cnc3ccccc3c2)c2cc(C(=O)Cc3ccc(C(=O)O)cc3)ccc21. The molecular weight excluding hydrogens is 422 g/mol. The molecule has 4 nitrogen and oxygen atoms in total. The van der Waals surface area contributed by atoms with E-state index in [0.29, 0.717) is 5.56 Å². The van der Waals surface area contributed by atoms with Crippen molar-refractivity contribution >= 4 is 28.2 Å². The molecule has 1 aliphatic rings. The van der Waals surface area contributed by atoms with E-state index in [1.54, 1.807) is 12.1 Å². The number of allylic oxidation sites excluding steroid dienone is 1. The zero-order valence-corrected chi connectivity index (χ0v) is 19.2. The van der Waals surface area contributed by atoms with Gasteiger partial charge in [-0.2, -0.15) is 0 Å². The largest absolute Gasteiger partial charge is 0.478 e. The van der Waals surface area contributed by atoms with Gasteiger partial charge in [0.15, 0.2) is 5.78 Å². The molecule has 1 heterocycles. The highest BCUT2D eigenvalue weighted by atomic mass is 16.4. The van der Waals surface area contributed by atoms with Gasteiger partial charge in [-0.25, -0.2) is 4.79 Å². The number of hydrogen-bond donors (Lipinski definition) is 1. The summed E-state index contributed by atoms with van der Waals surface area (Å²) in [6.45, 7) is 4.45. The fraction of sp³-hybridized carbons (Fsp3) is 0.167. The van der Waals surface area contributed by atoms with Gasteiger partial charge in [-0.3, -0.25) is 9.78 Å². The summed E-state index contributed by atoms with van der Waals surface area (Å²) in [7, 11) is 0. The van der Waals surface area contributed by atoms with E-state index in [9.17, 15) is 9.59 Å². The molecular formula is C30H25NO3. The van der Waals surface area contributed by atoms with Crippen LogP contribution < -0.4 is 0 Å². The molecule has 0 unspecified atom stereocenters. The van der Waals surface area contributed by atoms with Crippen LogP contribution in [-0.2, 0) is 11.8 Å². The number of hydrogen-bond acceptors (Lipinski definition) is 3. The maximum atomic E-state index is 13.1. The van der Waals surface area contributed by atoms with Crippen LogP contribution in [0.5, 0.6) is 0 Å². The van der Waals surface area contributed by atoms with Crippen molar-refractivity contribution in [3.05, 3.63) is 118 Å². The number of aromatic nitrogens is 1. The lowest BCUT2D eigenvalue weighted by Crippen LogP contribution is -2.22. The van der Waals surface area contributed by atoms with Gasteiger partial charge in [0.05, 0.1) is 11.1 Å². The quantitative estimate of drug-likeness (QED) is 0.356. The Labute approximate surface area is 198 Å². The Balaban J connectivity index is 1.51. The van der Waals surface area contributed by atoms with E-state index in [1.165, 1.54) is 17.7 Å². The number of rotatable bonds is 5. The standard InChI is InChI=1S/C30H25NO3/c1-30(2)14-13-24(23-16-21-5-3-4-6-27(21)31-18-23)25-17-22(11-12-26(25)30)28(32)15-19-7-9-20(10-8-19)29(33)34/h3-13,16-18H,14-15H2,1-2H3,(H,33,34). The number of Topliss-reactive ketones (excluding diaryl/α,β-unsaturated/α-hetero) is 1. The summed E-state index contributed by atoms with van der Waals surface area (Å²) >= 11 is 0. The molecule has 1 aromatic heterocycles. The van der Waals surface area contributed by atoms with E-state index >= 15 is 0 Å². The second-order valence-electron chi connectivity index (χ2n) is 9.48. The van der Waals surface area contributed by atoms with Crippen LogP contribution in [0.4, 0.5) is 0 Å². The Morgan fingerprint density at radius 1 is 0.941 bits per heavy atom. The van der Waals surface area contributed by atoms with Crippen molar-refractivity contribution in [1.82, 2.24) is 4.98 Å². The first kappa shape index (κ1) is 21.8. The molecule has 0 saturated heterocycles. The zero-order valence-electron chi connectivity index (χ0n) is 19.2. The van der Waals surface area contributed by atoms with E-state index in [1.807, 2.05) is 36.5 Å². The average Bonchev–Trinajstić information content (AvgIpc) is 2.84. The predicted octanol–water partition coefficient (Wildman–Crippen LogP) is 6.47. The smallest absolute Gasteiger partial charge is 0.335 e. The number of nitrogens with zero attached hydrogens (tertiary/aromatic N) is 1. The molecule has 3 aromatic carbocycles. The van der Waals surface area contributed by atoms with Gasteiger partial charge in [0.2, 0.25) is 0 Å². The van der Waals surface area contributed by atoms with Crippen molar-refractivity contribution in [2.45, 2.75) is 32.1 Å². The average molecular weight is 448 g/mol. The first-order valence-electron chi connectivity index (χ1n) is 11.4. The molecule has 4 heteroatoms. The fourth-order valence-corrected chi connectivity index (χ4v) is 4.65. The van der Waals surface area contributed by atoms with Crippen LogP contribution in [0, 0.1) is 0 Å². The molecule has 168 valence electrons. The minimum absolute atomic E-state index is 0.00485. The van der Waals surface area contributed by atoms with Gasteiger partial charge in [0.1, 0.15) is 0 Å². The summed E-state index contributed by atoms with van der Waals surface area (Å²) < 4.78 is 0. The number of pyridine rings is 1. The molecule has 0 radical (unpaired) electrons. The minimum atomic E-state index is -0.974. The molecule has 0 aliphatic heterocycles. The summed E-state index contributed by atoms with van der Waals surface area (Å²) in [5, 5.41) is 10.2. The van der Waals surface area contributed by atoms with Gasteiger partial charge < -0.3 is 5.11 Å². The summed E-state index contributed by atoms with van der Waals surface area (Å²) in [5.74, 6) is -0.970. The van der Waals surface area contributed by atoms with E-state index < -0.39 is 5.97 Å². The molecule has 4 aromatic rings. The van der Waals surface area contributed by atoms with Crippen LogP contribution >= 0.6 is 0 Å². The van der Waals surface area contributed by atoms with Crippen LogP contribution in [0.2, 0.25) is 0 Å². The third-order valence-corrected chi connectivity index (χ3v) is 6.64. The number of fused-ring (bicyclic) bond motifs is 2. The molecule has 34 heavy (non-hydrogen) atoms. The lowest BCUT2D eigenvalue weighted by atomic mass is 9.71. The number of carbonyl (C=O) groups excluding carboxylic acids is 1. The summed E-state index contributed by atoms with van der Waals surface area (Å²) in [6.07, 6.45) is 5.30. The number of aromatic carboxylic acids is 1. The molecule has 1 N–H and O–H groups in total. The van der Waals surface area contributed by atoms with Gasteiger partial charge in [-0.1, -0.05) is 62.4 Å². The molecule has 0 saturated carbocycles. The molecule has 0 spiro atoms. The Bertz CT molecular complexity index is 1460. The highest BCUT2D eigenvalue weighted by molar-refractivity contribution is 5.99. The van der Waals surface area contributed by atoms with Gasteiger partial charge in [-0.15, -0.1) is 0 Å². The Morgan fingerprint density at radius 3 is 2.44 bits per heavy atom. The second-order valence-corrected chi connectivity index (χ2v) is 9.48. The Morgan fingerprint density at radius 2 is 1.68 bits per heavy atom. The summed E-state index contributed by atoms with van der Waals surface area (Å²) in [5.41, 5.74) is 7.03. The summed E-state index contributed by atoms with van der Waals surface area (Å²) in [6, 6.07) is 22.7. The van der Waals surface area contributed by atoms with E-state index in [4.69, 9.17) is 5.11 Å². The normalized spacial score (nSPS) is 14.4. The maximum Gasteiger partial charge on any atom is 0.335 e. The highest BCUT2D eigenvalue weighted by Crippen LogP contribution is 2.42. The van der Waals surface area contributed by atoms with Crippen molar-refractivity contribution in [2.75, 3.05) is 0 Å². The van der Waals surface area contributed by atoms with Gasteiger partial charge >= 0.3 is 5.97 Å². The van der Waals surface area contributed by atoms with Crippen LogP contribution in [0.15, 0.2) is 85.1 Å². The third kappa shape index (κ3) is 4.03. The van der Waals surface area contributed by atoms with Crippen molar-refractivity contribution in [3.8, 4) is 0 Å². The lowest BCUT2D eigenvalue weighted by molar-refractivity contribution is 0.0696. The number of ketones is 1. The first-order chi connectivity index (χ1) is 16.3. The van der Waals surface area contributed by atoms with E-state index in [-0.39, 0.29) is 23.2 Å². The third-order valence-electron chi connectivity index (χ3n) is 6.64. The monoisotopic (exact) mass is 447 g/mol. The van der Waals surface area contributed by atoms with Crippen LogP contribution in [-0.4, -0.2) is 21.8 Å². The van der Waals surface area contributed by atoms with E-state index in [0.717, 1.165) is 39.6 Å². The lowest BCUT2D eigenvalue weighted by Gasteiger charge is -2.32. The topological polar surface area (TPSA) is 67.3 Å². The van der Waals surface area contributed by atoms with Crippen molar-refractivity contribution in [1.29, 1.82) is 0 Å². The number of benzene rings is 3.